The zero-order valence-corrected chi connectivity index (χ0v) is 21.5. The van der Waals surface area contributed by atoms with Crippen LogP contribution in [-0.4, -0.2) is 48.2 Å². The van der Waals surface area contributed by atoms with Gasteiger partial charge in [0.05, 0.1) is 22.1 Å². The molecule has 0 saturated carbocycles. The Morgan fingerprint density at radius 3 is 2.35 bits per heavy atom. The van der Waals surface area contributed by atoms with E-state index in [2.05, 4.69) is 15.6 Å². The molecule has 0 aliphatic heterocycles. The van der Waals surface area contributed by atoms with Gasteiger partial charge in [-0.2, -0.15) is 0 Å². The van der Waals surface area contributed by atoms with E-state index in [1.165, 1.54) is 55.3 Å². The van der Waals surface area contributed by atoms with Crippen LogP contribution in [0.3, 0.4) is 0 Å². The maximum Gasteiger partial charge on any atom is 0.260 e. The van der Waals surface area contributed by atoms with Gasteiger partial charge in [0, 0.05) is 43.6 Å². The van der Waals surface area contributed by atoms with Crippen LogP contribution in [-0.2, 0) is 17.1 Å². The molecule has 190 valence electrons. The Kier molecular flexibility index (Phi) is 6.92. The summed E-state index contributed by atoms with van der Waals surface area (Å²) in [6, 6.07) is 15.4. The summed E-state index contributed by atoms with van der Waals surface area (Å²) in [5, 5.41) is 5.88. The van der Waals surface area contributed by atoms with E-state index >= 15 is 0 Å². The summed E-state index contributed by atoms with van der Waals surface area (Å²) in [5.74, 6) is -0.934. The van der Waals surface area contributed by atoms with Gasteiger partial charge >= 0.3 is 0 Å². The van der Waals surface area contributed by atoms with E-state index in [1.54, 1.807) is 44.3 Å². The molecule has 0 unspecified atom stereocenters. The van der Waals surface area contributed by atoms with Crippen LogP contribution < -0.4 is 16.2 Å². The summed E-state index contributed by atoms with van der Waals surface area (Å²) in [4.78, 5) is 42.4. The lowest BCUT2D eigenvalue weighted by Gasteiger charge is -2.13. The van der Waals surface area contributed by atoms with Gasteiger partial charge in [0.25, 0.3) is 17.4 Å². The van der Waals surface area contributed by atoms with Gasteiger partial charge in [-0.3, -0.25) is 14.4 Å². The Morgan fingerprint density at radius 2 is 1.62 bits per heavy atom. The second-order valence-electron chi connectivity index (χ2n) is 8.65. The Hall–Kier alpha value is -4.35. The molecule has 0 atom stereocenters. The standard InChI is InChI=1S/C26H25N5O5S/c1-16-8-10-19(28-24(32)17-6-5-7-20(12-17)37(35,36)30(2)3)14-23(16)29-25(33)18-9-11-22-21(13-18)26(34)31(4)15-27-22/h5-15H,1-4H3,(H,28,32)(H,29,33). The van der Waals surface area contributed by atoms with Crippen molar-refractivity contribution < 1.29 is 18.0 Å². The normalized spacial score (nSPS) is 11.5. The first-order valence-electron chi connectivity index (χ1n) is 11.2. The number of aryl methyl sites for hydroxylation is 2. The van der Waals surface area contributed by atoms with Crippen molar-refractivity contribution in [2.24, 2.45) is 7.05 Å². The first-order chi connectivity index (χ1) is 17.5. The van der Waals surface area contributed by atoms with Crippen molar-refractivity contribution >= 4 is 44.1 Å². The van der Waals surface area contributed by atoms with Crippen LogP contribution in [0.2, 0.25) is 0 Å². The molecular weight excluding hydrogens is 494 g/mol. The molecule has 0 spiro atoms. The van der Waals surface area contributed by atoms with Crippen LogP contribution in [0, 0.1) is 6.92 Å². The van der Waals surface area contributed by atoms with Crippen LogP contribution in [0.1, 0.15) is 26.3 Å². The van der Waals surface area contributed by atoms with Gasteiger partial charge < -0.3 is 15.2 Å². The van der Waals surface area contributed by atoms with Crippen molar-refractivity contribution in [2.75, 3.05) is 24.7 Å². The number of rotatable bonds is 6. The molecular formula is C26H25N5O5S. The number of benzene rings is 3. The fourth-order valence-corrected chi connectivity index (χ4v) is 4.54. The molecule has 0 bridgehead atoms. The van der Waals surface area contributed by atoms with Gasteiger partial charge in [0.15, 0.2) is 0 Å². The molecule has 0 fully saturated rings. The molecule has 0 aliphatic rings. The number of sulfonamides is 1. The molecule has 11 heteroatoms. The van der Waals surface area contributed by atoms with E-state index in [1.807, 2.05) is 0 Å². The van der Waals surface area contributed by atoms with E-state index in [0.29, 0.717) is 22.3 Å². The van der Waals surface area contributed by atoms with Crippen molar-refractivity contribution in [3.05, 3.63) is 94.0 Å². The Labute approximate surface area is 213 Å². The molecule has 4 aromatic rings. The molecule has 0 aliphatic carbocycles. The number of carbonyl (C=O) groups is 2. The van der Waals surface area contributed by atoms with Crippen molar-refractivity contribution in [3.63, 3.8) is 0 Å². The molecule has 2 amide bonds. The summed E-state index contributed by atoms with van der Waals surface area (Å²) in [6.07, 6.45) is 1.42. The highest BCUT2D eigenvalue weighted by Crippen LogP contribution is 2.23. The SMILES string of the molecule is Cc1ccc(NC(=O)c2cccc(S(=O)(=O)N(C)C)c2)cc1NC(=O)c1ccc2ncn(C)c(=O)c2c1. The van der Waals surface area contributed by atoms with Crippen LogP contribution >= 0.6 is 0 Å². The predicted molar refractivity (Wildman–Crippen MR) is 141 cm³/mol. The maximum absolute atomic E-state index is 13.0. The molecule has 3 aromatic carbocycles. The molecule has 10 nitrogen and oxygen atoms in total. The second kappa shape index (κ2) is 9.96. The minimum Gasteiger partial charge on any atom is -0.322 e. The first kappa shape index (κ1) is 25.7. The molecule has 0 radical (unpaired) electrons. The highest BCUT2D eigenvalue weighted by Gasteiger charge is 2.19. The van der Waals surface area contributed by atoms with Crippen molar-refractivity contribution in [1.82, 2.24) is 13.9 Å². The van der Waals surface area contributed by atoms with Gasteiger partial charge in [-0.1, -0.05) is 12.1 Å². The van der Waals surface area contributed by atoms with Gasteiger partial charge in [0.2, 0.25) is 10.0 Å². The smallest absolute Gasteiger partial charge is 0.260 e. The number of hydrogen-bond acceptors (Lipinski definition) is 6. The molecule has 0 saturated heterocycles. The lowest BCUT2D eigenvalue weighted by Crippen LogP contribution is -2.22. The zero-order chi connectivity index (χ0) is 26.9. The fraction of sp³-hybridized carbons (Fsp3) is 0.154. The molecule has 4 rings (SSSR count). The van der Waals surface area contributed by atoms with Gasteiger partial charge in [-0.15, -0.1) is 0 Å². The average molecular weight is 520 g/mol. The van der Waals surface area contributed by atoms with Gasteiger partial charge in [0.1, 0.15) is 0 Å². The average Bonchev–Trinajstić information content (AvgIpc) is 2.88. The van der Waals surface area contributed by atoms with Gasteiger partial charge in [-0.25, -0.2) is 17.7 Å². The van der Waals surface area contributed by atoms with E-state index in [9.17, 15) is 22.8 Å². The summed E-state index contributed by atoms with van der Waals surface area (Å²) in [7, 11) is 0.720. The molecule has 1 heterocycles. The third-order valence-corrected chi connectivity index (χ3v) is 7.61. The quantitative estimate of drug-likeness (QED) is 0.403. The fourth-order valence-electron chi connectivity index (χ4n) is 3.59. The summed E-state index contributed by atoms with van der Waals surface area (Å²) >= 11 is 0. The third-order valence-electron chi connectivity index (χ3n) is 5.80. The third kappa shape index (κ3) is 5.27. The van der Waals surface area contributed by atoms with Crippen molar-refractivity contribution in [1.29, 1.82) is 0 Å². The summed E-state index contributed by atoms with van der Waals surface area (Å²) in [5.41, 5.74) is 2.30. The highest BCUT2D eigenvalue weighted by molar-refractivity contribution is 7.89. The number of nitrogens with one attached hydrogen (secondary N) is 2. The summed E-state index contributed by atoms with van der Waals surface area (Å²) < 4.78 is 27.2. The Balaban J connectivity index is 1.56. The predicted octanol–water partition coefficient (Wildman–Crippen LogP) is 3.00. The molecule has 37 heavy (non-hydrogen) atoms. The number of nitrogens with zero attached hydrogens (tertiary/aromatic N) is 3. The number of carbonyl (C=O) groups excluding carboxylic acids is 2. The highest BCUT2D eigenvalue weighted by atomic mass is 32.2. The largest absolute Gasteiger partial charge is 0.322 e. The Bertz CT molecular complexity index is 1710. The number of anilines is 2. The first-order valence-corrected chi connectivity index (χ1v) is 12.6. The minimum absolute atomic E-state index is 0.00224. The van der Waals surface area contributed by atoms with Crippen LogP contribution in [0.25, 0.3) is 10.9 Å². The van der Waals surface area contributed by atoms with E-state index in [4.69, 9.17) is 0 Å². The van der Waals surface area contributed by atoms with Gasteiger partial charge in [-0.05, 0) is 61.0 Å². The van der Waals surface area contributed by atoms with Crippen LogP contribution in [0.15, 0.2) is 76.7 Å². The molecule has 1 aromatic heterocycles. The lowest BCUT2D eigenvalue weighted by atomic mass is 10.1. The number of aromatic nitrogens is 2. The van der Waals surface area contributed by atoms with E-state index < -0.39 is 21.8 Å². The second-order valence-corrected chi connectivity index (χ2v) is 10.8. The maximum atomic E-state index is 13.0. The summed E-state index contributed by atoms with van der Waals surface area (Å²) in [6.45, 7) is 1.80. The van der Waals surface area contributed by atoms with E-state index in [0.717, 1.165) is 9.87 Å². The van der Waals surface area contributed by atoms with Crippen LogP contribution in [0.5, 0.6) is 0 Å². The molecule has 2 N–H and O–H groups in total. The Morgan fingerprint density at radius 1 is 0.919 bits per heavy atom. The monoisotopic (exact) mass is 519 g/mol. The topological polar surface area (TPSA) is 130 Å². The van der Waals surface area contributed by atoms with E-state index in [-0.39, 0.29) is 21.6 Å². The number of fused-ring (bicyclic) bond motifs is 1. The van der Waals surface area contributed by atoms with Crippen molar-refractivity contribution in [3.8, 4) is 0 Å². The minimum atomic E-state index is -3.70. The lowest BCUT2D eigenvalue weighted by molar-refractivity contribution is 0.101. The van der Waals surface area contributed by atoms with Crippen LogP contribution in [0.4, 0.5) is 11.4 Å². The zero-order valence-electron chi connectivity index (χ0n) is 20.6. The number of amides is 2. The number of hydrogen-bond donors (Lipinski definition) is 2. The van der Waals surface area contributed by atoms with Crippen molar-refractivity contribution in [2.45, 2.75) is 11.8 Å².